The maximum Gasteiger partial charge on any atom is 0.274 e. The highest BCUT2D eigenvalue weighted by Gasteiger charge is 2.40. The maximum absolute atomic E-state index is 13.7. The fourth-order valence-corrected chi connectivity index (χ4v) is 4.20. The van der Waals surface area contributed by atoms with Crippen LogP contribution in [-0.2, 0) is 6.54 Å². The SMILES string of the molecule is Cc1ccc(Cl)c2nn(CC3CCC(F)(F)C3)c(C(=O)Nc3ccnc(C(N)=O)c3)c12. The van der Waals surface area contributed by atoms with Crippen LogP contribution in [0.5, 0.6) is 0 Å². The Labute approximate surface area is 181 Å². The van der Waals surface area contributed by atoms with Crippen LogP contribution in [0.2, 0.25) is 5.02 Å². The van der Waals surface area contributed by atoms with Crippen LogP contribution >= 0.6 is 11.6 Å². The van der Waals surface area contributed by atoms with Gasteiger partial charge in [0.15, 0.2) is 0 Å². The van der Waals surface area contributed by atoms with Crippen LogP contribution < -0.4 is 11.1 Å². The second-order valence-electron chi connectivity index (χ2n) is 7.83. The van der Waals surface area contributed by atoms with Gasteiger partial charge in [-0.05, 0) is 43.0 Å². The van der Waals surface area contributed by atoms with Gasteiger partial charge in [-0.15, -0.1) is 0 Å². The van der Waals surface area contributed by atoms with E-state index in [1.165, 1.54) is 23.0 Å². The number of carbonyl (C=O) groups is 2. The number of nitrogens with zero attached hydrogens (tertiary/aromatic N) is 3. The fourth-order valence-electron chi connectivity index (χ4n) is 4.00. The van der Waals surface area contributed by atoms with Gasteiger partial charge >= 0.3 is 0 Å². The third-order valence-electron chi connectivity index (χ3n) is 5.47. The molecular weight excluding hydrogens is 428 g/mol. The molecule has 31 heavy (non-hydrogen) atoms. The van der Waals surface area contributed by atoms with Crippen molar-refractivity contribution in [3.8, 4) is 0 Å². The average molecular weight is 448 g/mol. The molecule has 2 heterocycles. The lowest BCUT2D eigenvalue weighted by Gasteiger charge is -2.14. The Morgan fingerprint density at radius 3 is 2.81 bits per heavy atom. The van der Waals surface area contributed by atoms with Gasteiger partial charge in [0.1, 0.15) is 16.9 Å². The Morgan fingerprint density at radius 2 is 2.13 bits per heavy atom. The number of rotatable bonds is 5. The zero-order valence-electron chi connectivity index (χ0n) is 16.7. The van der Waals surface area contributed by atoms with Crippen molar-refractivity contribution in [1.82, 2.24) is 14.8 Å². The van der Waals surface area contributed by atoms with Crippen molar-refractivity contribution < 1.29 is 18.4 Å². The van der Waals surface area contributed by atoms with Crippen LogP contribution in [0.15, 0.2) is 30.5 Å². The van der Waals surface area contributed by atoms with Crippen LogP contribution in [0.3, 0.4) is 0 Å². The van der Waals surface area contributed by atoms with Crippen LogP contribution in [0.25, 0.3) is 10.9 Å². The standard InChI is InChI=1S/C21H20ClF2N5O2/c1-11-2-3-14(22)17-16(11)18(29(28-17)10-12-4-6-21(23,24)9-12)20(31)27-13-5-7-26-15(8-13)19(25)30/h2-3,5,7-8,12H,4,6,9-10H2,1H3,(H2,25,30)(H,26,27,31). The zero-order chi connectivity index (χ0) is 22.3. The van der Waals surface area contributed by atoms with Gasteiger partial charge < -0.3 is 11.1 Å². The number of benzene rings is 1. The number of primary amides is 1. The minimum atomic E-state index is -2.70. The number of anilines is 1. The molecule has 1 aliphatic carbocycles. The quantitative estimate of drug-likeness (QED) is 0.612. The van der Waals surface area contributed by atoms with E-state index in [4.69, 9.17) is 17.3 Å². The highest BCUT2D eigenvalue weighted by atomic mass is 35.5. The summed E-state index contributed by atoms with van der Waals surface area (Å²) in [5.74, 6) is -4.23. The Bertz CT molecular complexity index is 1190. The predicted octanol–water partition coefficient (Wildman–Crippen LogP) is 4.18. The van der Waals surface area contributed by atoms with Crippen LogP contribution in [0.1, 0.15) is 45.8 Å². The first-order valence-corrected chi connectivity index (χ1v) is 10.1. The van der Waals surface area contributed by atoms with E-state index >= 15 is 0 Å². The number of hydrogen-bond acceptors (Lipinski definition) is 4. The predicted molar refractivity (Wildman–Crippen MR) is 112 cm³/mol. The lowest BCUT2D eigenvalue weighted by molar-refractivity contribution is 0.00422. The molecule has 7 nitrogen and oxygen atoms in total. The van der Waals surface area contributed by atoms with Gasteiger partial charge in [0.2, 0.25) is 5.92 Å². The molecule has 1 saturated carbocycles. The average Bonchev–Trinajstić information content (AvgIpc) is 3.25. The van der Waals surface area contributed by atoms with E-state index in [0.29, 0.717) is 28.0 Å². The summed E-state index contributed by atoms with van der Waals surface area (Å²) in [6.45, 7) is 1.99. The van der Waals surface area contributed by atoms with Crippen molar-refractivity contribution in [3.05, 3.63) is 52.4 Å². The molecule has 0 bridgehead atoms. The Kier molecular flexibility index (Phi) is 5.38. The fraction of sp³-hybridized carbons (Fsp3) is 0.333. The van der Waals surface area contributed by atoms with Crippen LogP contribution in [0.4, 0.5) is 14.5 Å². The molecule has 1 aromatic carbocycles. The van der Waals surface area contributed by atoms with Gasteiger partial charge in [0.05, 0.1) is 5.02 Å². The van der Waals surface area contributed by atoms with Gasteiger partial charge in [-0.25, -0.2) is 8.78 Å². The number of hydrogen-bond donors (Lipinski definition) is 2. The number of halogens is 3. The van der Waals surface area contributed by atoms with Crippen molar-refractivity contribution in [2.75, 3.05) is 5.32 Å². The van der Waals surface area contributed by atoms with Crippen LogP contribution in [-0.4, -0.2) is 32.5 Å². The minimum absolute atomic E-state index is 0.00331. The summed E-state index contributed by atoms with van der Waals surface area (Å²) in [4.78, 5) is 28.5. The molecule has 1 unspecified atom stereocenters. The molecule has 3 aromatic rings. The third-order valence-corrected chi connectivity index (χ3v) is 5.78. The van der Waals surface area contributed by atoms with E-state index in [1.54, 1.807) is 12.1 Å². The second-order valence-corrected chi connectivity index (χ2v) is 8.24. The first-order chi connectivity index (χ1) is 14.6. The van der Waals surface area contributed by atoms with Crippen molar-refractivity contribution in [3.63, 3.8) is 0 Å². The van der Waals surface area contributed by atoms with E-state index in [2.05, 4.69) is 15.4 Å². The molecule has 0 radical (unpaired) electrons. The minimum Gasteiger partial charge on any atom is -0.364 e. The van der Waals surface area contributed by atoms with Gasteiger partial charge in [-0.3, -0.25) is 19.3 Å². The van der Waals surface area contributed by atoms with E-state index in [1.807, 2.05) is 6.92 Å². The molecule has 2 amide bonds. The summed E-state index contributed by atoms with van der Waals surface area (Å²) in [6.07, 6.45) is 1.28. The number of fused-ring (bicyclic) bond motifs is 1. The number of pyridine rings is 1. The molecule has 4 rings (SSSR count). The van der Waals surface area contributed by atoms with Gasteiger partial charge in [-0.1, -0.05) is 17.7 Å². The highest BCUT2D eigenvalue weighted by molar-refractivity contribution is 6.35. The molecule has 1 aliphatic rings. The van der Waals surface area contributed by atoms with Crippen molar-refractivity contribution in [2.45, 2.75) is 38.7 Å². The number of aromatic nitrogens is 3. The summed E-state index contributed by atoms with van der Waals surface area (Å²) >= 11 is 6.31. The third kappa shape index (κ3) is 4.23. The number of alkyl halides is 2. The van der Waals surface area contributed by atoms with Crippen molar-refractivity contribution in [2.24, 2.45) is 11.7 Å². The molecule has 3 N–H and O–H groups in total. The monoisotopic (exact) mass is 447 g/mol. The Morgan fingerprint density at radius 1 is 1.35 bits per heavy atom. The summed E-state index contributed by atoms with van der Waals surface area (Å²) in [5, 5.41) is 8.13. The normalized spacial score (nSPS) is 17.7. The summed E-state index contributed by atoms with van der Waals surface area (Å²) in [7, 11) is 0. The molecule has 0 saturated heterocycles. The zero-order valence-corrected chi connectivity index (χ0v) is 17.4. The van der Waals surface area contributed by atoms with Gasteiger partial charge in [0, 0.05) is 36.7 Å². The lowest BCUT2D eigenvalue weighted by atomic mass is 10.1. The van der Waals surface area contributed by atoms with Crippen LogP contribution in [0, 0.1) is 12.8 Å². The summed E-state index contributed by atoms with van der Waals surface area (Å²) < 4.78 is 28.9. The molecule has 0 spiro atoms. The first kappa shape index (κ1) is 21.2. The van der Waals surface area contributed by atoms with Gasteiger partial charge in [-0.2, -0.15) is 5.10 Å². The smallest absolute Gasteiger partial charge is 0.274 e. The number of amides is 2. The maximum atomic E-state index is 13.7. The molecule has 10 heteroatoms. The Balaban J connectivity index is 1.74. The van der Waals surface area contributed by atoms with Crippen molar-refractivity contribution >= 4 is 40.0 Å². The van der Waals surface area contributed by atoms with Crippen molar-refractivity contribution in [1.29, 1.82) is 0 Å². The van der Waals surface area contributed by atoms with E-state index in [-0.39, 0.29) is 36.7 Å². The summed E-state index contributed by atoms with van der Waals surface area (Å²) in [5.41, 5.74) is 7.01. The van der Waals surface area contributed by atoms with E-state index in [9.17, 15) is 18.4 Å². The van der Waals surface area contributed by atoms with E-state index < -0.39 is 17.7 Å². The topological polar surface area (TPSA) is 103 Å². The number of aryl methyl sites for hydroxylation is 1. The molecule has 162 valence electrons. The van der Waals surface area contributed by atoms with E-state index in [0.717, 1.165) is 5.56 Å². The molecule has 0 aliphatic heterocycles. The highest BCUT2D eigenvalue weighted by Crippen LogP contribution is 2.40. The Hall–Kier alpha value is -3.07. The molecule has 1 fully saturated rings. The van der Waals surface area contributed by atoms with Gasteiger partial charge in [0.25, 0.3) is 11.8 Å². The molecule has 1 atom stereocenters. The lowest BCUT2D eigenvalue weighted by Crippen LogP contribution is -2.22. The molecule has 2 aromatic heterocycles. The number of carbonyl (C=O) groups excluding carboxylic acids is 2. The first-order valence-electron chi connectivity index (χ1n) is 9.75. The molecular formula is C21H20ClF2N5O2. The number of nitrogens with one attached hydrogen (secondary N) is 1. The second kappa shape index (κ2) is 7.88. The summed E-state index contributed by atoms with van der Waals surface area (Å²) in [6, 6.07) is 6.34. The largest absolute Gasteiger partial charge is 0.364 e. The number of nitrogens with two attached hydrogens (primary N) is 1.